The zero-order valence-corrected chi connectivity index (χ0v) is 74.7. The lowest BCUT2D eigenvalue weighted by atomic mass is 10.2. The Labute approximate surface area is 771 Å². The summed E-state index contributed by atoms with van der Waals surface area (Å²) in [5.74, 6) is 1.57. The van der Waals surface area contributed by atoms with Crippen LogP contribution in [0.5, 0.6) is 51.7 Å². The number of hydrogen-bond acceptors (Lipinski definition) is 27. The predicted molar refractivity (Wildman–Crippen MR) is 493 cm³/mol. The van der Waals surface area contributed by atoms with E-state index in [0.29, 0.717) is 271 Å². The van der Waals surface area contributed by atoms with Crippen molar-refractivity contribution in [1.82, 2.24) is 0 Å². The number of carbonyl (C=O) groups excluding carboxylic acids is 9. The predicted octanol–water partition coefficient (Wildman–Crippen LogP) is 20.3. The van der Waals surface area contributed by atoms with Gasteiger partial charge in [-0.25, -0.2) is 43.2 Å². The van der Waals surface area contributed by atoms with Crippen LogP contribution in [-0.4, -0.2) is 173 Å². The van der Waals surface area contributed by atoms with E-state index in [1.807, 2.05) is 6.08 Å². The highest BCUT2D eigenvalue weighted by atomic mass is 16.6. The number of esters is 9. The second-order valence-electron chi connectivity index (χ2n) is 30.1. The van der Waals surface area contributed by atoms with Crippen molar-refractivity contribution >= 4 is 53.7 Å². The van der Waals surface area contributed by atoms with Crippen molar-refractivity contribution in [2.45, 2.75) is 128 Å². The molecule has 0 saturated heterocycles. The number of hydrogen-bond donors (Lipinski definition) is 0. The van der Waals surface area contributed by atoms with Crippen LogP contribution < -0.4 is 42.6 Å². The molecule has 0 unspecified atom stereocenters. The van der Waals surface area contributed by atoms with E-state index in [2.05, 4.69) is 13.2 Å². The Balaban J connectivity index is 0.496. The number of ether oxygens (including phenoxy) is 18. The van der Waals surface area contributed by atoms with E-state index in [1.54, 1.807) is 224 Å². The van der Waals surface area contributed by atoms with Crippen molar-refractivity contribution < 1.29 is 128 Å². The molecule has 0 aliphatic heterocycles. The van der Waals surface area contributed by atoms with Gasteiger partial charge in [0.25, 0.3) is 0 Å². The Morgan fingerprint density at radius 3 is 0.371 bits per heavy atom. The summed E-state index contributed by atoms with van der Waals surface area (Å²) in [7, 11) is 0. The van der Waals surface area contributed by atoms with Crippen molar-refractivity contribution in [3.8, 4) is 51.7 Å². The average molecular weight is 1810 g/mol. The van der Waals surface area contributed by atoms with Gasteiger partial charge in [0.05, 0.1) is 169 Å². The fraction of sp³-hybridized carbons (Fsp3) is 0.362. The fourth-order valence-corrected chi connectivity index (χ4v) is 12.2. The Bertz CT molecular complexity index is 4830. The number of unbranched alkanes of at least 4 members (excludes halogenated alkanes) is 10. The van der Waals surface area contributed by atoms with Crippen LogP contribution in [0.2, 0.25) is 0 Å². The van der Waals surface area contributed by atoms with Crippen molar-refractivity contribution in [3.05, 3.63) is 294 Å². The van der Waals surface area contributed by atoms with Crippen LogP contribution in [0.3, 0.4) is 0 Å². The first-order chi connectivity index (χ1) is 64.7. The van der Waals surface area contributed by atoms with Crippen LogP contribution in [0.25, 0.3) is 0 Å². The fourth-order valence-electron chi connectivity index (χ4n) is 12.2. The molecule has 27 nitrogen and oxygen atoms in total. The third-order valence-corrected chi connectivity index (χ3v) is 19.7. The molecule has 0 spiro atoms. The first kappa shape index (κ1) is 102. The van der Waals surface area contributed by atoms with Crippen LogP contribution in [-0.2, 0) is 42.6 Å². The smallest absolute Gasteiger partial charge is 0.338 e. The summed E-state index contributed by atoms with van der Waals surface area (Å²) in [5.41, 5.74) is 3.68. The minimum atomic E-state index is -0.456. The molecular weight excluding hydrogens is 1690 g/mol. The highest BCUT2D eigenvalue weighted by Gasteiger charge is 2.18. The first-order valence-corrected chi connectivity index (χ1v) is 45.0. The Hall–Kier alpha value is -14.1. The van der Waals surface area contributed by atoms with Crippen LogP contribution in [0.1, 0.15) is 222 Å². The zero-order valence-electron chi connectivity index (χ0n) is 74.7. The molecule has 0 aliphatic rings. The number of carbonyl (C=O) groups is 9. The third kappa shape index (κ3) is 39.9. The maximum absolute atomic E-state index is 12.7. The molecule has 0 fully saturated rings. The van der Waals surface area contributed by atoms with Gasteiger partial charge in [0.1, 0.15) is 51.7 Å². The van der Waals surface area contributed by atoms with Gasteiger partial charge in [0.15, 0.2) is 0 Å². The average Bonchev–Trinajstić information content (AvgIpc) is 0.929. The number of allylic oxidation sites excluding steroid dienone is 2. The van der Waals surface area contributed by atoms with Gasteiger partial charge in [-0.3, -0.25) is 0 Å². The van der Waals surface area contributed by atoms with Gasteiger partial charge < -0.3 is 85.3 Å². The molecule has 0 saturated carbocycles. The second kappa shape index (κ2) is 60.6. The molecule has 0 aromatic heterocycles. The Kier molecular flexibility index (Phi) is 46.7. The summed E-state index contributed by atoms with van der Waals surface area (Å²) in [5, 5.41) is 0. The van der Waals surface area contributed by atoms with Crippen LogP contribution >= 0.6 is 0 Å². The summed E-state index contributed by atoms with van der Waals surface area (Å²) in [6.07, 6.45) is 16.8. The monoisotopic (exact) mass is 1810 g/mol. The molecular formula is C105H118O27. The molecule has 0 N–H and O–H groups in total. The highest BCUT2D eigenvalue weighted by molar-refractivity contribution is 5.93. The maximum Gasteiger partial charge on any atom is 0.338 e. The largest absolute Gasteiger partial charge is 0.494 e. The standard InChI is InChI=1S/C105H118O27/c1-3-5-7-61-115-88-43-25-80(26-44-88)98(107)125-71-17-10-63-117-90-47-29-82(30-48-90)100(109)127-73-19-12-65-119-92-51-33-84(34-52-92)102(111)129-75-21-14-67-121-94-55-37-86(38-56-94)104(113)131-77-23-16-69-123-96-59-41-87(42-60-96)105(114)132-78-24-15-68-122-95-57-39-85(40-58-95)103(112)130-76-22-13-66-120-93-53-35-83(36-54-93)101(110)128-74-20-11-64-118-91-49-31-81(32-50-91)99(108)126-72-18-9-62-116-89-45-27-79(28-46-89)97(106)124-70-8-6-4-2/h3-4,25-60H,1-2,5-24,61-78H2. The van der Waals surface area contributed by atoms with E-state index in [0.717, 1.165) is 25.7 Å². The third-order valence-electron chi connectivity index (χ3n) is 19.7. The van der Waals surface area contributed by atoms with Gasteiger partial charge >= 0.3 is 53.7 Å². The number of rotatable bonds is 66. The Morgan fingerprint density at radius 2 is 0.250 bits per heavy atom. The molecule has 0 radical (unpaired) electrons. The molecule has 0 aliphatic carbocycles. The van der Waals surface area contributed by atoms with E-state index in [9.17, 15) is 43.2 Å². The van der Waals surface area contributed by atoms with Gasteiger partial charge in [-0.2, -0.15) is 0 Å². The molecule has 132 heavy (non-hydrogen) atoms. The van der Waals surface area contributed by atoms with Crippen LogP contribution in [0, 0.1) is 0 Å². The van der Waals surface area contributed by atoms with Crippen LogP contribution in [0.15, 0.2) is 244 Å². The molecule has 27 heteroatoms. The zero-order chi connectivity index (χ0) is 93.1. The molecule has 0 atom stereocenters. The first-order valence-electron chi connectivity index (χ1n) is 45.0. The second-order valence-corrected chi connectivity index (χ2v) is 30.1. The molecule has 9 aromatic rings. The normalized spacial score (nSPS) is 10.7. The van der Waals surface area contributed by atoms with E-state index in [1.165, 1.54) is 0 Å². The minimum Gasteiger partial charge on any atom is -0.494 e. The van der Waals surface area contributed by atoms with Gasteiger partial charge in [-0.15, -0.1) is 13.2 Å². The van der Waals surface area contributed by atoms with E-state index < -0.39 is 47.8 Å². The van der Waals surface area contributed by atoms with Crippen molar-refractivity contribution in [3.63, 3.8) is 0 Å². The topological polar surface area (TPSA) is 320 Å². The van der Waals surface area contributed by atoms with Gasteiger partial charge in [0.2, 0.25) is 0 Å². The lowest BCUT2D eigenvalue weighted by Gasteiger charge is -2.10. The van der Waals surface area contributed by atoms with Crippen LogP contribution in [0.4, 0.5) is 0 Å². The summed E-state index contributed by atoms with van der Waals surface area (Å²) < 4.78 is 101. The molecule has 0 amide bonds. The maximum atomic E-state index is 12.7. The SMILES string of the molecule is C=CCCCOC(=O)c1ccc(OCCCCOC(=O)c2ccc(OCCCCOC(=O)c3ccc(OCCCCOC(=O)c4ccc(OCCCCOC(=O)c5ccc(OCCCCOC(=O)c6ccc(OCCCCOC(=O)c7ccc(OCCCCOC(=O)c8ccc(OCCCCOC(=O)c9ccc(OCCCC=C)cc9)cc8)cc7)cc6)cc5)cc4)cc3)cc2)cc1. The van der Waals surface area contributed by atoms with Crippen molar-refractivity contribution in [1.29, 1.82) is 0 Å². The molecule has 700 valence electrons. The van der Waals surface area contributed by atoms with Gasteiger partial charge in [-0.1, -0.05) is 12.2 Å². The van der Waals surface area contributed by atoms with Gasteiger partial charge in [-0.05, 0) is 347 Å². The van der Waals surface area contributed by atoms with E-state index >= 15 is 0 Å². The Morgan fingerprint density at radius 1 is 0.152 bits per heavy atom. The quantitative estimate of drug-likeness (QED) is 0.0148. The van der Waals surface area contributed by atoms with Crippen molar-refractivity contribution in [2.75, 3.05) is 119 Å². The number of benzene rings is 9. The van der Waals surface area contributed by atoms with Gasteiger partial charge in [0, 0.05) is 0 Å². The van der Waals surface area contributed by atoms with E-state index in [-0.39, 0.29) is 58.8 Å². The molecule has 0 bridgehead atoms. The lowest BCUT2D eigenvalue weighted by molar-refractivity contribution is 0.0483. The minimum absolute atomic E-state index is 0.205. The van der Waals surface area contributed by atoms with Crippen molar-refractivity contribution in [2.24, 2.45) is 0 Å². The summed E-state index contributed by atoms with van der Waals surface area (Å²) in [6.45, 7) is 13.2. The summed E-state index contributed by atoms with van der Waals surface area (Å²) in [6, 6.07) is 60.5. The highest BCUT2D eigenvalue weighted by Crippen LogP contribution is 2.24. The molecule has 0 heterocycles. The van der Waals surface area contributed by atoms with E-state index in [4.69, 9.17) is 85.3 Å². The lowest BCUT2D eigenvalue weighted by Crippen LogP contribution is -2.09. The molecule has 9 rings (SSSR count). The summed E-state index contributed by atoms with van der Waals surface area (Å²) in [4.78, 5) is 113. The molecule has 9 aromatic carbocycles. The summed E-state index contributed by atoms with van der Waals surface area (Å²) >= 11 is 0.